The van der Waals surface area contributed by atoms with Gasteiger partial charge in [-0.25, -0.2) is 9.97 Å². The van der Waals surface area contributed by atoms with Crippen molar-refractivity contribution in [1.29, 1.82) is 5.26 Å². The van der Waals surface area contributed by atoms with Gasteiger partial charge >= 0.3 is 0 Å². The van der Waals surface area contributed by atoms with E-state index in [1.807, 2.05) is 59.3 Å². The van der Waals surface area contributed by atoms with E-state index in [1.54, 1.807) is 31.8 Å². The van der Waals surface area contributed by atoms with Crippen molar-refractivity contribution in [3.63, 3.8) is 0 Å². The summed E-state index contributed by atoms with van der Waals surface area (Å²) in [6.45, 7) is 0.522. The van der Waals surface area contributed by atoms with Gasteiger partial charge in [0.25, 0.3) is 0 Å². The Bertz CT molecular complexity index is 1470. The van der Waals surface area contributed by atoms with E-state index in [1.165, 1.54) is 0 Å². The third kappa shape index (κ3) is 4.07. The third-order valence-electron chi connectivity index (χ3n) is 5.18. The molecule has 0 aliphatic carbocycles. The van der Waals surface area contributed by atoms with Gasteiger partial charge in [-0.1, -0.05) is 30.3 Å². The van der Waals surface area contributed by atoms with Crippen LogP contribution < -0.4 is 10.1 Å². The molecule has 0 amide bonds. The minimum Gasteiger partial charge on any atom is -0.491 e. The first-order chi connectivity index (χ1) is 16.2. The van der Waals surface area contributed by atoms with Crippen LogP contribution >= 0.6 is 0 Å². The lowest BCUT2D eigenvalue weighted by Crippen LogP contribution is -2.03. The molecular formula is C25H19N7O. The maximum Gasteiger partial charge on any atom is 0.183 e. The molecule has 0 spiro atoms. The fraction of sp³-hybridized carbons (Fsp3) is 0.0800. The maximum atomic E-state index is 9.22. The number of nitrogens with zero attached hydrogens (tertiary/aromatic N) is 6. The van der Waals surface area contributed by atoms with Crippen LogP contribution in [0, 0.1) is 11.3 Å². The number of hydrogen-bond donors (Lipinski definition) is 1. The van der Waals surface area contributed by atoms with E-state index in [2.05, 4.69) is 21.4 Å². The molecule has 0 unspecified atom stereocenters. The number of nitriles is 1. The Morgan fingerprint density at radius 1 is 1.06 bits per heavy atom. The van der Waals surface area contributed by atoms with Crippen LogP contribution in [-0.4, -0.2) is 31.8 Å². The van der Waals surface area contributed by atoms with Crippen molar-refractivity contribution in [2.45, 2.75) is 6.54 Å². The normalized spacial score (nSPS) is 10.7. The molecule has 2 aromatic carbocycles. The summed E-state index contributed by atoms with van der Waals surface area (Å²) < 4.78 is 7.35. The number of pyridine rings is 1. The molecule has 33 heavy (non-hydrogen) atoms. The molecule has 0 aliphatic heterocycles. The number of aromatic nitrogens is 5. The molecule has 160 valence electrons. The second-order valence-electron chi connectivity index (χ2n) is 7.31. The molecule has 5 rings (SSSR count). The minimum atomic E-state index is 0.480. The van der Waals surface area contributed by atoms with Gasteiger partial charge in [-0.15, -0.1) is 0 Å². The molecule has 0 fully saturated rings. The van der Waals surface area contributed by atoms with Crippen molar-refractivity contribution in [1.82, 2.24) is 24.7 Å². The smallest absolute Gasteiger partial charge is 0.183 e. The molecular weight excluding hydrogens is 414 g/mol. The fourth-order valence-electron chi connectivity index (χ4n) is 3.62. The molecule has 0 saturated heterocycles. The number of benzene rings is 2. The van der Waals surface area contributed by atoms with Crippen molar-refractivity contribution in [3.05, 3.63) is 90.4 Å². The Morgan fingerprint density at radius 3 is 2.73 bits per heavy atom. The zero-order valence-corrected chi connectivity index (χ0v) is 17.8. The van der Waals surface area contributed by atoms with Gasteiger partial charge in [0.1, 0.15) is 5.69 Å². The van der Waals surface area contributed by atoms with E-state index in [0.717, 1.165) is 22.2 Å². The van der Waals surface area contributed by atoms with Crippen molar-refractivity contribution in [2.75, 3.05) is 12.4 Å². The summed E-state index contributed by atoms with van der Waals surface area (Å²) in [4.78, 5) is 13.3. The van der Waals surface area contributed by atoms with Crippen molar-refractivity contribution in [2.24, 2.45) is 0 Å². The van der Waals surface area contributed by atoms with E-state index in [9.17, 15) is 5.26 Å². The average molecular weight is 433 g/mol. The number of para-hydroxylation sites is 1. The monoisotopic (exact) mass is 433 g/mol. The van der Waals surface area contributed by atoms with Crippen molar-refractivity contribution < 1.29 is 4.74 Å². The van der Waals surface area contributed by atoms with E-state index < -0.39 is 0 Å². The van der Waals surface area contributed by atoms with Crippen LogP contribution in [0.4, 0.5) is 11.5 Å². The van der Waals surface area contributed by atoms with E-state index >= 15 is 0 Å². The van der Waals surface area contributed by atoms with Crippen LogP contribution in [0.15, 0.2) is 79.3 Å². The van der Waals surface area contributed by atoms with Crippen LogP contribution in [0.1, 0.15) is 11.1 Å². The average Bonchev–Trinajstić information content (AvgIpc) is 3.23. The Labute approximate surface area is 190 Å². The number of nitrogens with one attached hydrogen (secondary N) is 1. The molecule has 3 heterocycles. The lowest BCUT2D eigenvalue weighted by atomic mass is 10.1. The molecule has 8 nitrogen and oxygen atoms in total. The first-order valence-electron chi connectivity index (χ1n) is 10.3. The van der Waals surface area contributed by atoms with Gasteiger partial charge in [-0.3, -0.25) is 9.67 Å². The Morgan fingerprint density at radius 2 is 1.91 bits per heavy atom. The molecule has 0 atom stereocenters. The predicted octanol–water partition coefficient (Wildman–Crippen LogP) is 4.56. The fourth-order valence-corrected chi connectivity index (χ4v) is 3.62. The summed E-state index contributed by atoms with van der Waals surface area (Å²) >= 11 is 0. The number of ether oxygens (including phenoxy) is 1. The molecule has 0 radical (unpaired) electrons. The molecule has 1 N–H and O–H groups in total. The molecule has 8 heteroatoms. The highest BCUT2D eigenvalue weighted by molar-refractivity contribution is 5.92. The van der Waals surface area contributed by atoms with Crippen LogP contribution in [-0.2, 0) is 6.54 Å². The number of hydrogen-bond acceptors (Lipinski definition) is 7. The van der Waals surface area contributed by atoms with Gasteiger partial charge in [-0.2, -0.15) is 10.4 Å². The summed E-state index contributed by atoms with van der Waals surface area (Å²) in [6.07, 6.45) is 5.04. The largest absolute Gasteiger partial charge is 0.491 e. The lowest BCUT2D eigenvalue weighted by Gasteiger charge is -2.10. The predicted molar refractivity (Wildman–Crippen MR) is 125 cm³/mol. The zero-order chi connectivity index (χ0) is 22.6. The van der Waals surface area contributed by atoms with Crippen LogP contribution in [0.2, 0.25) is 0 Å². The standard InChI is InChI=1S/C25H19N7O/c1-33-22-15-28-25(30-24(22)29-19-9-11-27-12-10-19)23-20-7-2-3-8-21(20)32(31-23)16-18-6-4-5-17(13-18)14-26/h2-13,15H,16H2,1H3,(H,27,28,29,30). The summed E-state index contributed by atoms with van der Waals surface area (Å²) in [5, 5.41) is 18.3. The summed E-state index contributed by atoms with van der Waals surface area (Å²) in [7, 11) is 1.58. The van der Waals surface area contributed by atoms with Gasteiger partial charge in [0.2, 0.25) is 0 Å². The Hall–Kier alpha value is -4.77. The molecule has 3 aromatic heterocycles. The first kappa shape index (κ1) is 20.2. The highest BCUT2D eigenvalue weighted by atomic mass is 16.5. The van der Waals surface area contributed by atoms with Gasteiger partial charge in [0.15, 0.2) is 17.4 Å². The second-order valence-corrected chi connectivity index (χ2v) is 7.31. The molecule has 0 aliphatic rings. The van der Waals surface area contributed by atoms with E-state index in [4.69, 9.17) is 14.8 Å². The molecule has 5 aromatic rings. The first-order valence-corrected chi connectivity index (χ1v) is 10.3. The number of anilines is 2. The SMILES string of the molecule is COc1cnc(-c2nn(Cc3cccc(C#N)c3)c3ccccc23)nc1Nc1ccncc1. The van der Waals surface area contributed by atoms with Crippen molar-refractivity contribution >= 4 is 22.4 Å². The Kier molecular flexibility index (Phi) is 5.35. The van der Waals surface area contributed by atoms with Gasteiger partial charge in [0, 0.05) is 23.5 Å². The number of rotatable bonds is 6. The van der Waals surface area contributed by atoms with Crippen LogP contribution in [0.25, 0.3) is 22.4 Å². The van der Waals surface area contributed by atoms with E-state index in [0.29, 0.717) is 35.2 Å². The maximum absolute atomic E-state index is 9.22. The Balaban J connectivity index is 1.57. The minimum absolute atomic E-state index is 0.480. The number of methoxy groups -OCH3 is 1. The second kappa shape index (κ2) is 8.77. The van der Waals surface area contributed by atoms with Crippen LogP contribution in [0.5, 0.6) is 5.75 Å². The highest BCUT2D eigenvalue weighted by Crippen LogP contribution is 2.31. The topological polar surface area (TPSA) is 102 Å². The quantitative estimate of drug-likeness (QED) is 0.419. The molecule has 0 bridgehead atoms. The zero-order valence-electron chi connectivity index (χ0n) is 17.8. The van der Waals surface area contributed by atoms with E-state index in [-0.39, 0.29) is 0 Å². The van der Waals surface area contributed by atoms with Crippen molar-refractivity contribution in [3.8, 4) is 23.3 Å². The van der Waals surface area contributed by atoms with Gasteiger partial charge < -0.3 is 10.1 Å². The molecule has 0 saturated carbocycles. The third-order valence-corrected chi connectivity index (χ3v) is 5.18. The number of fused-ring (bicyclic) bond motifs is 1. The van der Waals surface area contributed by atoms with Gasteiger partial charge in [-0.05, 0) is 35.9 Å². The highest BCUT2D eigenvalue weighted by Gasteiger charge is 2.17. The summed E-state index contributed by atoms with van der Waals surface area (Å²) in [5.74, 6) is 1.54. The summed E-state index contributed by atoms with van der Waals surface area (Å²) in [5.41, 5.74) is 4.07. The summed E-state index contributed by atoms with van der Waals surface area (Å²) in [6, 6.07) is 21.4. The van der Waals surface area contributed by atoms with Crippen LogP contribution in [0.3, 0.4) is 0 Å². The van der Waals surface area contributed by atoms with Gasteiger partial charge in [0.05, 0.1) is 37.0 Å². The lowest BCUT2D eigenvalue weighted by molar-refractivity contribution is 0.413.